The van der Waals surface area contributed by atoms with Crippen molar-refractivity contribution in [2.75, 3.05) is 10.6 Å². The Morgan fingerprint density at radius 3 is 2.56 bits per heavy atom. The lowest BCUT2D eigenvalue weighted by atomic mass is 10.2. The van der Waals surface area contributed by atoms with E-state index in [9.17, 15) is 18.3 Å². The molecule has 0 aliphatic heterocycles. The normalized spacial score (nSPS) is 11.4. The summed E-state index contributed by atoms with van der Waals surface area (Å²) < 4.78 is 22.8. The largest absolute Gasteiger partial charge is 0.477 e. The van der Waals surface area contributed by atoms with E-state index in [-0.39, 0.29) is 15.7 Å². The molecule has 0 unspecified atom stereocenters. The molecule has 0 atom stereocenters. The Morgan fingerprint density at radius 2 is 1.91 bits per heavy atom. The van der Waals surface area contributed by atoms with Gasteiger partial charge in [-0.2, -0.15) is 9.97 Å². The van der Waals surface area contributed by atoms with Gasteiger partial charge in [0.25, 0.3) is 0 Å². The van der Waals surface area contributed by atoms with Crippen molar-refractivity contribution in [3.63, 3.8) is 0 Å². The molecule has 0 fully saturated rings. The Bertz CT molecular complexity index is 1420. The zero-order valence-corrected chi connectivity index (χ0v) is 18.2. The first-order chi connectivity index (χ1) is 15.2. The highest BCUT2D eigenvalue weighted by atomic mass is 32.2. The molecule has 164 valence electrons. The van der Waals surface area contributed by atoms with Crippen LogP contribution in [-0.4, -0.2) is 39.4 Å². The number of primary sulfonamides is 1. The van der Waals surface area contributed by atoms with Gasteiger partial charge in [-0.3, -0.25) is 5.32 Å². The molecule has 0 aliphatic rings. The summed E-state index contributed by atoms with van der Waals surface area (Å²) in [5.74, 6) is -0.355. The van der Waals surface area contributed by atoms with E-state index in [1.807, 2.05) is 6.07 Å². The number of carbonyl (C=O) groups is 1. The van der Waals surface area contributed by atoms with Crippen LogP contribution in [0.4, 0.5) is 16.9 Å². The zero-order chi connectivity index (χ0) is 22.9. The SMILES string of the molecule is Cc1nc(Nc2nc(NCc3ccc(S(N)(=O)=O)cc3)c3cccnc3n2)sc1C(=O)O. The van der Waals surface area contributed by atoms with Crippen LogP contribution in [0.3, 0.4) is 0 Å². The van der Waals surface area contributed by atoms with Crippen molar-refractivity contribution in [1.82, 2.24) is 19.9 Å². The Hall–Kier alpha value is -3.68. The number of aryl methyl sites for hydroxylation is 1. The second kappa shape index (κ2) is 8.45. The smallest absolute Gasteiger partial charge is 0.347 e. The zero-order valence-electron chi connectivity index (χ0n) is 16.6. The van der Waals surface area contributed by atoms with Crippen molar-refractivity contribution in [1.29, 1.82) is 0 Å². The number of anilines is 3. The van der Waals surface area contributed by atoms with Crippen LogP contribution in [0.15, 0.2) is 47.5 Å². The summed E-state index contributed by atoms with van der Waals surface area (Å²) in [6.07, 6.45) is 1.60. The minimum absolute atomic E-state index is 0.0314. The summed E-state index contributed by atoms with van der Waals surface area (Å²) in [6.45, 7) is 1.97. The molecule has 0 radical (unpaired) electrons. The number of hydrogen-bond donors (Lipinski definition) is 4. The second-order valence-electron chi connectivity index (χ2n) is 6.68. The Morgan fingerprint density at radius 1 is 1.16 bits per heavy atom. The summed E-state index contributed by atoms with van der Waals surface area (Å²) in [7, 11) is -3.76. The average molecular weight is 472 g/mol. The summed E-state index contributed by atoms with van der Waals surface area (Å²) in [4.78, 5) is 28.8. The molecule has 0 aliphatic carbocycles. The molecule has 5 N–H and O–H groups in total. The molecular weight excluding hydrogens is 454 g/mol. The van der Waals surface area contributed by atoms with Gasteiger partial charge in [0, 0.05) is 12.7 Å². The number of aromatic nitrogens is 4. The van der Waals surface area contributed by atoms with E-state index in [2.05, 4.69) is 30.6 Å². The van der Waals surface area contributed by atoms with E-state index in [1.54, 1.807) is 31.3 Å². The summed E-state index contributed by atoms with van der Waals surface area (Å²) >= 11 is 0.985. The maximum atomic E-state index is 11.4. The summed E-state index contributed by atoms with van der Waals surface area (Å²) in [6, 6.07) is 9.75. The van der Waals surface area contributed by atoms with Crippen molar-refractivity contribution < 1.29 is 18.3 Å². The van der Waals surface area contributed by atoms with Gasteiger partial charge in [-0.1, -0.05) is 23.5 Å². The molecule has 0 spiro atoms. The highest BCUT2D eigenvalue weighted by Gasteiger charge is 2.16. The first-order valence-corrected chi connectivity index (χ1v) is 11.5. The number of fused-ring (bicyclic) bond motifs is 1. The van der Waals surface area contributed by atoms with Crippen LogP contribution in [0.5, 0.6) is 0 Å². The van der Waals surface area contributed by atoms with Gasteiger partial charge >= 0.3 is 5.97 Å². The van der Waals surface area contributed by atoms with Crippen LogP contribution in [-0.2, 0) is 16.6 Å². The minimum atomic E-state index is -3.76. The monoisotopic (exact) mass is 471 g/mol. The fourth-order valence-corrected chi connectivity index (χ4v) is 4.19. The topological polar surface area (TPSA) is 173 Å². The number of carboxylic acid groups (broad SMARTS) is 1. The van der Waals surface area contributed by atoms with E-state index in [4.69, 9.17) is 5.14 Å². The number of nitrogens with zero attached hydrogens (tertiary/aromatic N) is 4. The van der Waals surface area contributed by atoms with E-state index in [0.717, 1.165) is 16.9 Å². The fraction of sp³-hybridized carbons (Fsp3) is 0.105. The van der Waals surface area contributed by atoms with E-state index < -0.39 is 16.0 Å². The van der Waals surface area contributed by atoms with Gasteiger partial charge in [-0.25, -0.2) is 28.3 Å². The third-order valence-corrected chi connectivity index (χ3v) is 6.38. The molecule has 0 saturated carbocycles. The van der Waals surface area contributed by atoms with E-state index in [0.29, 0.717) is 34.2 Å². The van der Waals surface area contributed by atoms with Crippen LogP contribution in [0.25, 0.3) is 11.0 Å². The van der Waals surface area contributed by atoms with Crippen LogP contribution in [0, 0.1) is 6.92 Å². The molecule has 3 aromatic heterocycles. The highest BCUT2D eigenvalue weighted by Crippen LogP contribution is 2.27. The number of hydrogen-bond acceptors (Lipinski definition) is 10. The second-order valence-corrected chi connectivity index (χ2v) is 9.24. The first-order valence-electron chi connectivity index (χ1n) is 9.17. The molecular formula is C19H17N7O4S2. The highest BCUT2D eigenvalue weighted by molar-refractivity contribution is 7.89. The molecule has 3 heterocycles. The van der Waals surface area contributed by atoms with Crippen LogP contribution in [0.1, 0.15) is 20.9 Å². The van der Waals surface area contributed by atoms with Gasteiger partial charge in [0.15, 0.2) is 10.8 Å². The maximum Gasteiger partial charge on any atom is 0.347 e. The molecule has 11 nitrogen and oxygen atoms in total. The van der Waals surface area contributed by atoms with Crippen molar-refractivity contribution in [3.8, 4) is 0 Å². The molecule has 0 bridgehead atoms. The van der Waals surface area contributed by atoms with Crippen molar-refractivity contribution in [2.45, 2.75) is 18.4 Å². The number of rotatable bonds is 7. The number of thiazole rings is 1. The Labute approximate surface area is 186 Å². The standard InChI is InChI=1S/C19H17N7O4S2/c1-10-14(17(27)28)31-19(23-10)26-18-24-15-13(3-2-8-21-15)16(25-18)22-9-11-4-6-12(7-5-11)32(20,29)30/h2-8H,9H2,1H3,(H,27,28)(H2,20,29,30)(H2,21,22,23,24,25,26). The molecule has 1 aromatic carbocycles. The third-order valence-electron chi connectivity index (χ3n) is 4.39. The number of nitrogens with two attached hydrogens (primary N) is 1. The molecule has 13 heteroatoms. The van der Waals surface area contributed by atoms with Gasteiger partial charge in [0.2, 0.25) is 16.0 Å². The maximum absolute atomic E-state index is 11.4. The number of sulfonamides is 1. The minimum Gasteiger partial charge on any atom is -0.477 e. The van der Waals surface area contributed by atoms with Gasteiger partial charge in [0.05, 0.1) is 16.0 Å². The third kappa shape index (κ3) is 4.64. The number of aromatic carboxylic acids is 1. The van der Waals surface area contributed by atoms with Gasteiger partial charge in [0.1, 0.15) is 10.7 Å². The number of benzene rings is 1. The lowest BCUT2D eigenvalue weighted by molar-refractivity contribution is 0.0701. The Kier molecular flexibility index (Phi) is 5.69. The van der Waals surface area contributed by atoms with Crippen LogP contribution >= 0.6 is 11.3 Å². The lowest BCUT2D eigenvalue weighted by Crippen LogP contribution is -2.12. The fourth-order valence-electron chi connectivity index (χ4n) is 2.88. The van der Waals surface area contributed by atoms with E-state index >= 15 is 0 Å². The first kappa shape index (κ1) is 21.5. The van der Waals surface area contributed by atoms with Crippen molar-refractivity contribution in [2.24, 2.45) is 5.14 Å². The lowest BCUT2D eigenvalue weighted by Gasteiger charge is -2.11. The van der Waals surface area contributed by atoms with Gasteiger partial charge in [-0.15, -0.1) is 0 Å². The molecule has 4 aromatic rings. The van der Waals surface area contributed by atoms with Crippen molar-refractivity contribution in [3.05, 3.63) is 58.7 Å². The van der Waals surface area contributed by atoms with Crippen LogP contribution in [0.2, 0.25) is 0 Å². The summed E-state index contributed by atoms with van der Waals surface area (Å²) in [5.41, 5.74) is 1.64. The van der Waals surface area contributed by atoms with Gasteiger partial charge < -0.3 is 10.4 Å². The Balaban J connectivity index is 1.61. The molecule has 4 rings (SSSR count). The number of pyridine rings is 1. The number of carboxylic acids is 1. The summed E-state index contributed by atoms with van der Waals surface area (Å²) in [5, 5.41) is 21.5. The quantitative estimate of drug-likeness (QED) is 0.313. The average Bonchev–Trinajstić information content (AvgIpc) is 3.12. The molecule has 32 heavy (non-hydrogen) atoms. The predicted molar refractivity (Wildman–Crippen MR) is 120 cm³/mol. The molecule has 0 saturated heterocycles. The number of nitrogens with one attached hydrogen (secondary N) is 2. The predicted octanol–water partition coefficient (Wildman–Crippen LogP) is 2.49. The van der Waals surface area contributed by atoms with E-state index in [1.165, 1.54) is 12.1 Å². The van der Waals surface area contributed by atoms with Crippen molar-refractivity contribution >= 4 is 55.3 Å². The van der Waals surface area contributed by atoms with Gasteiger partial charge in [-0.05, 0) is 36.8 Å². The van der Waals surface area contributed by atoms with Crippen LogP contribution < -0.4 is 15.8 Å². The molecule has 0 amide bonds.